The van der Waals surface area contributed by atoms with Gasteiger partial charge < -0.3 is 55.9 Å². The van der Waals surface area contributed by atoms with Crippen molar-refractivity contribution in [1.29, 1.82) is 0 Å². The topological polar surface area (TPSA) is 223 Å². The fraction of sp³-hybridized carbons (Fsp3) is 0.491. The number of aliphatic hydroxyl groups is 1. The summed E-state index contributed by atoms with van der Waals surface area (Å²) in [6.07, 6.45) is 13.7. The van der Waals surface area contributed by atoms with Gasteiger partial charge >= 0.3 is 0 Å². The number of fused-ring (bicyclic) bond motifs is 1. The molecule has 0 amide bonds. The molecule has 5 aromatic heterocycles. The molecule has 6 aromatic rings. The standard InChI is InChI=1S/C20H22ClNO3.C17H29BrO4Si.C12H20O4Si.C6H6O4/c1-2-17-13-19(23)20(14-25-17)24-11-5-3-4-9-22-10-8-15-12-16(21)6-7-18(15)22;1-17(2,3)23(4,5)22-12-14-11-15(19)16(13-21-14)20-10-8-6-7-9-18;1-12(2,3)17(4,5)16-7-9-6-10(13)11(14)8-15-9;7-2-4-1-5(8)6(9)3-10-4/h6-8,10,12-14H,2-5,9,11H2,1H3;11,13H,6-10,12H2,1-5H3;6,8,14H,7H2,1-5H3;1,3,7,9H,2H2. The Bertz CT molecular complexity index is 2910. The van der Waals surface area contributed by atoms with Crippen LogP contribution in [0.3, 0.4) is 0 Å². The third-order valence-corrected chi connectivity index (χ3v) is 22.5. The number of hydrogen-bond acceptors (Lipinski definition) is 15. The van der Waals surface area contributed by atoms with Gasteiger partial charge in [0.2, 0.25) is 33.2 Å². The number of aliphatic hydroxyl groups excluding tert-OH is 1. The maximum atomic E-state index is 12.0. The molecule has 414 valence electrons. The molecule has 6 rings (SSSR count). The Hall–Kier alpha value is -5.16. The minimum atomic E-state index is -1.85. The van der Waals surface area contributed by atoms with E-state index in [0.29, 0.717) is 49.3 Å². The third kappa shape index (κ3) is 21.8. The first-order valence-electron chi connectivity index (χ1n) is 25.0. The number of rotatable bonds is 21. The smallest absolute Gasteiger partial charge is 0.227 e. The second kappa shape index (κ2) is 30.6. The van der Waals surface area contributed by atoms with Crippen molar-refractivity contribution in [2.75, 3.05) is 18.5 Å². The Labute approximate surface area is 455 Å². The molecule has 0 saturated carbocycles. The SMILES string of the molecule is CC(C)(C)[Si](C)(C)OCc1cc(=O)c(O)co1.CC(C)(C)[Si](C)(C)OCc1cc(=O)c(OCCCCCBr)co1.CCc1cc(=O)c(OCCCCCn2ccc3cc(Cl)ccc32)co1.O=c1cc(CO)occ1O. The monoisotopic (exact) mass is 1160 g/mol. The van der Waals surface area contributed by atoms with E-state index in [0.717, 1.165) is 79.4 Å². The van der Waals surface area contributed by atoms with Crippen molar-refractivity contribution in [1.82, 2.24) is 4.57 Å². The lowest BCUT2D eigenvalue weighted by molar-refractivity contribution is 0.236. The number of aromatic nitrogens is 1. The van der Waals surface area contributed by atoms with Gasteiger partial charge in [0, 0.05) is 64.7 Å². The summed E-state index contributed by atoms with van der Waals surface area (Å²) in [5.41, 5.74) is -0.0409. The van der Waals surface area contributed by atoms with E-state index in [1.807, 2.05) is 19.1 Å². The van der Waals surface area contributed by atoms with Gasteiger partial charge in [-0.05, 0) is 99.1 Å². The minimum absolute atomic E-state index is 0.111. The summed E-state index contributed by atoms with van der Waals surface area (Å²) in [5, 5.41) is 29.3. The minimum Gasteiger partial charge on any atom is -0.502 e. The van der Waals surface area contributed by atoms with Crippen molar-refractivity contribution in [2.45, 2.75) is 156 Å². The molecule has 5 heterocycles. The molecule has 0 aliphatic rings. The van der Waals surface area contributed by atoms with Crippen LogP contribution < -0.4 is 31.2 Å². The molecule has 75 heavy (non-hydrogen) atoms. The molecule has 20 heteroatoms. The highest BCUT2D eigenvalue weighted by molar-refractivity contribution is 9.09. The first-order valence-corrected chi connectivity index (χ1v) is 32.3. The molecule has 16 nitrogen and oxygen atoms in total. The van der Waals surface area contributed by atoms with Gasteiger partial charge in [-0.3, -0.25) is 19.2 Å². The maximum absolute atomic E-state index is 12.0. The summed E-state index contributed by atoms with van der Waals surface area (Å²) >= 11 is 9.41. The van der Waals surface area contributed by atoms with Gasteiger partial charge in [0.25, 0.3) is 0 Å². The number of halogens is 2. The van der Waals surface area contributed by atoms with E-state index in [-0.39, 0.29) is 51.4 Å². The number of unbranched alkanes of at least 4 members (excludes halogenated alkanes) is 4. The summed E-state index contributed by atoms with van der Waals surface area (Å²) in [6, 6.07) is 13.3. The van der Waals surface area contributed by atoms with Gasteiger partial charge in [-0.25, -0.2) is 0 Å². The van der Waals surface area contributed by atoms with Crippen LogP contribution in [-0.4, -0.2) is 55.1 Å². The molecule has 0 atom stereocenters. The first kappa shape index (κ1) is 64.1. The zero-order chi connectivity index (χ0) is 56.0. The van der Waals surface area contributed by atoms with Crippen LogP contribution >= 0.6 is 27.5 Å². The molecule has 0 unspecified atom stereocenters. The van der Waals surface area contributed by atoms with Crippen LogP contribution in [0.1, 0.15) is 110 Å². The van der Waals surface area contributed by atoms with Crippen LogP contribution in [0.5, 0.6) is 23.0 Å². The molecule has 0 aliphatic heterocycles. The fourth-order valence-corrected chi connectivity index (χ4v) is 8.44. The van der Waals surface area contributed by atoms with Gasteiger partial charge in [-0.2, -0.15) is 0 Å². The van der Waals surface area contributed by atoms with Gasteiger partial charge in [-0.1, -0.05) is 76.0 Å². The van der Waals surface area contributed by atoms with Crippen LogP contribution in [0, 0.1) is 0 Å². The number of alkyl halides is 1. The predicted molar refractivity (Wildman–Crippen MR) is 302 cm³/mol. The van der Waals surface area contributed by atoms with E-state index in [4.69, 9.17) is 58.5 Å². The molecular weight excluding hydrogens is 1090 g/mol. The van der Waals surface area contributed by atoms with E-state index in [1.54, 1.807) is 0 Å². The molecule has 0 fully saturated rings. The third-order valence-electron chi connectivity index (χ3n) is 12.8. The lowest BCUT2D eigenvalue weighted by atomic mass is 10.2. The molecule has 3 N–H and O–H groups in total. The van der Waals surface area contributed by atoms with Gasteiger partial charge in [0.1, 0.15) is 54.7 Å². The Balaban J connectivity index is 0.000000275. The zero-order valence-electron chi connectivity index (χ0n) is 45.3. The van der Waals surface area contributed by atoms with Gasteiger partial charge in [0.05, 0.1) is 26.4 Å². The number of aromatic hydroxyl groups is 2. The highest BCUT2D eigenvalue weighted by atomic mass is 79.9. The summed E-state index contributed by atoms with van der Waals surface area (Å²) in [7, 11) is -3.69. The average Bonchev–Trinajstić information content (AvgIpc) is 3.75. The highest BCUT2D eigenvalue weighted by Crippen LogP contribution is 2.38. The Morgan fingerprint density at radius 2 is 1.05 bits per heavy atom. The maximum Gasteiger partial charge on any atom is 0.227 e. The van der Waals surface area contributed by atoms with E-state index in [2.05, 4.69) is 111 Å². The van der Waals surface area contributed by atoms with E-state index in [9.17, 15) is 19.2 Å². The van der Waals surface area contributed by atoms with Crippen LogP contribution in [0.2, 0.25) is 41.3 Å². The fourth-order valence-electron chi connectivity index (χ4n) is 6.00. The lowest BCUT2D eigenvalue weighted by Crippen LogP contribution is -2.40. The zero-order valence-corrected chi connectivity index (χ0v) is 49.7. The molecule has 0 aliphatic carbocycles. The molecular formula is C55H77BrClNO15Si2. The van der Waals surface area contributed by atoms with Crippen molar-refractivity contribution in [3.63, 3.8) is 0 Å². The summed E-state index contributed by atoms with van der Waals surface area (Å²) in [6.45, 7) is 25.8. The van der Waals surface area contributed by atoms with E-state index in [1.165, 1.54) is 36.2 Å². The lowest BCUT2D eigenvalue weighted by Gasteiger charge is -2.35. The normalized spacial score (nSPS) is 11.7. The second-order valence-corrected chi connectivity index (χ2v) is 31.5. The number of nitrogens with zero attached hydrogens (tertiary/aromatic N) is 1. The average molecular weight is 1160 g/mol. The highest BCUT2D eigenvalue weighted by Gasteiger charge is 2.38. The summed E-state index contributed by atoms with van der Waals surface area (Å²) in [5.74, 6) is 1.56. The Morgan fingerprint density at radius 1 is 0.600 bits per heavy atom. The Morgan fingerprint density at radius 3 is 1.52 bits per heavy atom. The van der Waals surface area contributed by atoms with Crippen molar-refractivity contribution in [3.05, 3.63) is 149 Å². The molecule has 1 aromatic carbocycles. The molecule has 0 saturated heterocycles. The van der Waals surface area contributed by atoms with Crippen molar-refractivity contribution >= 4 is 55.1 Å². The molecule has 0 radical (unpaired) electrons. The van der Waals surface area contributed by atoms with Crippen LogP contribution in [0.4, 0.5) is 0 Å². The first-order chi connectivity index (χ1) is 35.2. The van der Waals surface area contributed by atoms with Gasteiger partial charge in [0.15, 0.2) is 28.1 Å². The second-order valence-electron chi connectivity index (χ2n) is 20.7. The summed E-state index contributed by atoms with van der Waals surface area (Å²) < 4.78 is 45.7. The van der Waals surface area contributed by atoms with Gasteiger partial charge in [-0.15, -0.1) is 0 Å². The Kier molecular flexibility index (Phi) is 26.1. The van der Waals surface area contributed by atoms with Crippen molar-refractivity contribution in [2.24, 2.45) is 0 Å². The summed E-state index contributed by atoms with van der Waals surface area (Å²) in [4.78, 5) is 45.7. The quantitative estimate of drug-likeness (QED) is 0.0346. The van der Waals surface area contributed by atoms with Crippen LogP contribution in [0.25, 0.3) is 10.9 Å². The molecule has 0 spiro atoms. The van der Waals surface area contributed by atoms with Crippen LogP contribution in [-0.2, 0) is 41.6 Å². The van der Waals surface area contributed by atoms with Crippen molar-refractivity contribution < 1.29 is 51.3 Å². The molecule has 0 bridgehead atoms. The van der Waals surface area contributed by atoms with E-state index < -0.39 is 33.2 Å². The largest absolute Gasteiger partial charge is 0.502 e. The number of ether oxygens (including phenoxy) is 2. The van der Waals surface area contributed by atoms with Crippen LogP contribution in [0.15, 0.2) is 117 Å². The van der Waals surface area contributed by atoms with Crippen molar-refractivity contribution in [3.8, 4) is 23.0 Å². The number of hydrogen-bond donors (Lipinski definition) is 3. The number of aryl methyl sites for hydroxylation is 2. The number of benzene rings is 1. The predicted octanol–water partition coefficient (Wildman–Crippen LogP) is 12.9. The van der Waals surface area contributed by atoms with E-state index >= 15 is 0 Å².